The summed E-state index contributed by atoms with van der Waals surface area (Å²) in [7, 11) is 0. The monoisotopic (exact) mass is 410 g/mol. The topological polar surface area (TPSA) is 59.8 Å². The molecule has 28 heavy (non-hydrogen) atoms. The van der Waals surface area contributed by atoms with Gasteiger partial charge in [0.1, 0.15) is 4.83 Å². The Labute approximate surface area is 172 Å². The van der Waals surface area contributed by atoms with Gasteiger partial charge in [0, 0.05) is 16.2 Å². The minimum absolute atomic E-state index is 0.0326. The summed E-state index contributed by atoms with van der Waals surface area (Å²) in [6, 6.07) is 12.1. The van der Waals surface area contributed by atoms with Gasteiger partial charge in [0.15, 0.2) is 5.13 Å². The van der Waals surface area contributed by atoms with E-state index in [1.165, 1.54) is 28.2 Å². The number of aromatic nitrogens is 3. The number of thiophene rings is 1. The average Bonchev–Trinajstić information content (AvgIpc) is 3.33. The number of carbonyl (C=O) groups is 1. The molecule has 1 amide bonds. The molecule has 0 saturated heterocycles. The molecule has 7 heteroatoms. The van der Waals surface area contributed by atoms with Gasteiger partial charge in [0.25, 0.3) is 5.91 Å². The van der Waals surface area contributed by atoms with Gasteiger partial charge in [-0.15, -0.1) is 22.7 Å². The lowest BCUT2D eigenvalue weighted by molar-refractivity contribution is 0.103. The predicted molar refractivity (Wildman–Crippen MR) is 117 cm³/mol. The fraction of sp³-hybridized carbons (Fsp3) is 0.286. The van der Waals surface area contributed by atoms with Crippen LogP contribution in [0.25, 0.3) is 10.2 Å². The van der Waals surface area contributed by atoms with E-state index in [0.717, 1.165) is 21.6 Å². The maximum atomic E-state index is 12.8. The lowest BCUT2D eigenvalue weighted by atomic mass is 9.93. The third kappa shape index (κ3) is 3.72. The SMILES string of the molecule is Cc1nn(Cc2ccccc2)c2sc(C(=O)Nc3nc(C(C)(C)C)cs3)cc12. The van der Waals surface area contributed by atoms with Crippen LogP contribution in [0.4, 0.5) is 5.13 Å². The van der Waals surface area contributed by atoms with Gasteiger partial charge < -0.3 is 0 Å². The van der Waals surface area contributed by atoms with Crippen molar-refractivity contribution in [2.75, 3.05) is 5.32 Å². The normalized spacial score (nSPS) is 11.9. The first kappa shape index (κ1) is 18.8. The van der Waals surface area contributed by atoms with Crippen molar-refractivity contribution in [3.05, 3.63) is 63.6 Å². The molecule has 1 aromatic carbocycles. The molecule has 0 bridgehead atoms. The van der Waals surface area contributed by atoms with Crippen molar-refractivity contribution in [3.63, 3.8) is 0 Å². The summed E-state index contributed by atoms with van der Waals surface area (Å²) in [4.78, 5) is 19.0. The summed E-state index contributed by atoms with van der Waals surface area (Å²) in [5.41, 5.74) is 3.07. The first-order chi connectivity index (χ1) is 13.3. The number of rotatable bonds is 4. The van der Waals surface area contributed by atoms with Gasteiger partial charge in [-0.3, -0.25) is 14.8 Å². The number of carbonyl (C=O) groups excluding carboxylic acids is 1. The van der Waals surface area contributed by atoms with E-state index < -0.39 is 0 Å². The molecule has 4 aromatic rings. The van der Waals surface area contributed by atoms with E-state index in [-0.39, 0.29) is 11.3 Å². The highest BCUT2D eigenvalue weighted by Crippen LogP contribution is 2.31. The van der Waals surface area contributed by atoms with Crippen LogP contribution in [0.2, 0.25) is 0 Å². The van der Waals surface area contributed by atoms with E-state index in [0.29, 0.717) is 16.6 Å². The second kappa shape index (κ2) is 7.14. The van der Waals surface area contributed by atoms with Crippen LogP contribution in [-0.2, 0) is 12.0 Å². The Balaban J connectivity index is 1.58. The van der Waals surface area contributed by atoms with E-state index in [2.05, 4.69) is 48.3 Å². The van der Waals surface area contributed by atoms with Crippen LogP contribution in [0, 0.1) is 6.92 Å². The van der Waals surface area contributed by atoms with Crippen molar-refractivity contribution in [3.8, 4) is 0 Å². The Bertz CT molecular complexity index is 1130. The summed E-state index contributed by atoms with van der Waals surface area (Å²) in [6.45, 7) is 9.01. The molecule has 0 saturated carbocycles. The van der Waals surface area contributed by atoms with Crippen molar-refractivity contribution in [1.82, 2.24) is 14.8 Å². The molecule has 0 aliphatic heterocycles. The molecular weight excluding hydrogens is 388 g/mol. The number of fused-ring (bicyclic) bond motifs is 1. The molecule has 0 radical (unpaired) electrons. The van der Waals surface area contributed by atoms with Gasteiger partial charge in [0.05, 0.1) is 22.8 Å². The van der Waals surface area contributed by atoms with Gasteiger partial charge in [0.2, 0.25) is 0 Å². The molecule has 0 unspecified atom stereocenters. The van der Waals surface area contributed by atoms with Crippen LogP contribution < -0.4 is 5.32 Å². The number of aryl methyl sites for hydroxylation is 1. The van der Waals surface area contributed by atoms with Crippen LogP contribution in [0.5, 0.6) is 0 Å². The molecule has 3 heterocycles. The van der Waals surface area contributed by atoms with Gasteiger partial charge in [-0.1, -0.05) is 51.1 Å². The maximum Gasteiger partial charge on any atom is 0.267 e. The molecular formula is C21H22N4OS2. The summed E-state index contributed by atoms with van der Waals surface area (Å²) >= 11 is 2.93. The van der Waals surface area contributed by atoms with Crippen molar-refractivity contribution in [2.45, 2.75) is 39.7 Å². The fourth-order valence-corrected chi connectivity index (χ4v) is 4.91. The Morgan fingerprint density at radius 2 is 1.96 bits per heavy atom. The fourth-order valence-electron chi connectivity index (χ4n) is 2.92. The van der Waals surface area contributed by atoms with Crippen LogP contribution in [-0.4, -0.2) is 20.7 Å². The van der Waals surface area contributed by atoms with Gasteiger partial charge >= 0.3 is 0 Å². The molecule has 0 aliphatic carbocycles. The Morgan fingerprint density at radius 3 is 2.64 bits per heavy atom. The van der Waals surface area contributed by atoms with Crippen LogP contribution in [0.15, 0.2) is 41.8 Å². The first-order valence-corrected chi connectivity index (χ1v) is 10.8. The second-order valence-corrected chi connectivity index (χ2v) is 9.69. The van der Waals surface area contributed by atoms with Gasteiger partial charge in [-0.05, 0) is 18.6 Å². The summed E-state index contributed by atoms with van der Waals surface area (Å²) in [5, 5.41) is 11.2. The lowest BCUT2D eigenvalue weighted by Gasteiger charge is -2.14. The van der Waals surface area contributed by atoms with E-state index in [9.17, 15) is 4.79 Å². The second-order valence-electron chi connectivity index (χ2n) is 7.80. The summed E-state index contributed by atoms with van der Waals surface area (Å²) in [6.07, 6.45) is 0. The zero-order valence-corrected chi connectivity index (χ0v) is 17.9. The van der Waals surface area contributed by atoms with Crippen molar-refractivity contribution < 1.29 is 4.79 Å². The van der Waals surface area contributed by atoms with E-state index in [1.807, 2.05) is 41.3 Å². The van der Waals surface area contributed by atoms with Crippen molar-refractivity contribution >= 4 is 43.9 Å². The Kier molecular flexibility index (Phi) is 4.81. The maximum absolute atomic E-state index is 12.8. The summed E-state index contributed by atoms with van der Waals surface area (Å²) in [5.74, 6) is -0.123. The lowest BCUT2D eigenvalue weighted by Crippen LogP contribution is -2.13. The van der Waals surface area contributed by atoms with Gasteiger partial charge in [-0.25, -0.2) is 4.98 Å². The zero-order valence-electron chi connectivity index (χ0n) is 16.3. The van der Waals surface area contributed by atoms with Crippen LogP contribution in [0.3, 0.4) is 0 Å². The molecule has 0 atom stereocenters. The largest absolute Gasteiger partial charge is 0.297 e. The number of nitrogens with one attached hydrogen (secondary N) is 1. The first-order valence-electron chi connectivity index (χ1n) is 9.09. The summed E-state index contributed by atoms with van der Waals surface area (Å²) < 4.78 is 1.97. The van der Waals surface area contributed by atoms with Crippen LogP contribution in [0.1, 0.15) is 47.4 Å². The van der Waals surface area contributed by atoms with Gasteiger partial charge in [-0.2, -0.15) is 5.10 Å². The highest BCUT2D eigenvalue weighted by Gasteiger charge is 2.20. The molecule has 4 rings (SSSR count). The Hall–Kier alpha value is -2.51. The molecule has 5 nitrogen and oxygen atoms in total. The van der Waals surface area contributed by atoms with E-state index >= 15 is 0 Å². The quantitative estimate of drug-likeness (QED) is 0.486. The smallest absolute Gasteiger partial charge is 0.267 e. The predicted octanol–water partition coefficient (Wildman–Crippen LogP) is 5.46. The number of hydrogen-bond donors (Lipinski definition) is 1. The molecule has 0 spiro atoms. The van der Waals surface area contributed by atoms with Crippen molar-refractivity contribution in [2.24, 2.45) is 0 Å². The minimum atomic E-state index is -0.123. The number of benzene rings is 1. The van der Waals surface area contributed by atoms with E-state index in [4.69, 9.17) is 0 Å². The average molecular weight is 411 g/mol. The van der Waals surface area contributed by atoms with E-state index in [1.54, 1.807) is 0 Å². The molecule has 0 aliphatic rings. The minimum Gasteiger partial charge on any atom is -0.297 e. The number of nitrogens with zero attached hydrogens (tertiary/aromatic N) is 3. The zero-order chi connectivity index (χ0) is 19.9. The molecule has 3 aromatic heterocycles. The number of anilines is 1. The number of thiazole rings is 1. The third-order valence-corrected chi connectivity index (χ3v) is 6.40. The highest BCUT2D eigenvalue weighted by atomic mass is 32.1. The number of amides is 1. The molecule has 144 valence electrons. The van der Waals surface area contributed by atoms with Crippen LogP contribution >= 0.6 is 22.7 Å². The third-order valence-electron chi connectivity index (χ3n) is 4.50. The molecule has 1 N–H and O–H groups in total. The molecule has 0 fully saturated rings. The number of hydrogen-bond acceptors (Lipinski definition) is 5. The highest BCUT2D eigenvalue weighted by molar-refractivity contribution is 7.20. The Morgan fingerprint density at radius 1 is 1.21 bits per heavy atom. The van der Waals surface area contributed by atoms with Crippen molar-refractivity contribution in [1.29, 1.82) is 0 Å². The standard InChI is InChI=1S/C21H22N4OS2/c1-13-15-10-16(18(26)23-20-22-17(12-27-20)21(2,3)4)28-19(15)25(24-13)11-14-8-6-5-7-9-14/h5-10,12H,11H2,1-4H3,(H,22,23,26).